The second-order valence-electron chi connectivity index (χ2n) is 4.26. The fraction of sp³-hybridized carbons (Fsp3) is 0.455. The number of ether oxygens (including phenoxy) is 1. The van der Waals surface area contributed by atoms with Crippen LogP contribution in [-0.4, -0.2) is 12.2 Å². The number of benzene rings is 1. The van der Waals surface area contributed by atoms with Crippen molar-refractivity contribution in [3.63, 3.8) is 0 Å². The highest BCUT2D eigenvalue weighted by Gasteiger charge is 2.20. The normalized spacial score (nSPS) is 11.5. The molecule has 0 aliphatic carbocycles. The van der Waals surface area contributed by atoms with Crippen LogP contribution in [0.4, 0.5) is 0 Å². The zero-order valence-corrected chi connectivity index (χ0v) is 9.64. The summed E-state index contributed by atoms with van der Waals surface area (Å²) < 4.78 is 5.09. The van der Waals surface area contributed by atoms with Gasteiger partial charge in [-0.2, -0.15) is 0 Å². The lowest BCUT2D eigenvalue weighted by Gasteiger charge is -2.21. The number of hydrogen-bond donors (Lipinski definition) is 1. The van der Waals surface area contributed by atoms with Crippen molar-refractivity contribution < 1.29 is 9.84 Å². The van der Waals surface area contributed by atoms with Gasteiger partial charge < -0.3 is 9.84 Å². The van der Waals surface area contributed by atoms with Gasteiger partial charge in [-0.15, -0.1) is 0 Å². The van der Waals surface area contributed by atoms with Gasteiger partial charge >= 0.3 is 0 Å². The zero-order valence-electron chi connectivity index (χ0n) is 8.89. The van der Waals surface area contributed by atoms with Crippen LogP contribution in [0.3, 0.4) is 0 Å². The molecule has 0 radical (unpaired) electrons. The van der Waals surface area contributed by atoms with Gasteiger partial charge in [0.15, 0.2) is 0 Å². The third-order valence-electron chi connectivity index (χ3n) is 2.08. The van der Waals surface area contributed by atoms with Crippen molar-refractivity contribution in [2.75, 3.05) is 7.11 Å². The van der Waals surface area contributed by atoms with Crippen LogP contribution in [-0.2, 0) is 5.41 Å². The molecule has 0 aliphatic heterocycles. The van der Waals surface area contributed by atoms with E-state index >= 15 is 0 Å². The number of halogens is 1. The first-order valence-electron chi connectivity index (χ1n) is 4.43. The lowest BCUT2D eigenvalue weighted by molar-refractivity contribution is 0.405. The molecule has 0 saturated heterocycles. The molecule has 0 amide bonds. The van der Waals surface area contributed by atoms with Crippen molar-refractivity contribution in [2.45, 2.75) is 26.2 Å². The van der Waals surface area contributed by atoms with E-state index in [1.54, 1.807) is 19.2 Å². The third-order valence-corrected chi connectivity index (χ3v) is 2.37. The molecular weight excluding hydrogens is 200 g/mol. The van der Waals surface area contributed by atoms with E-state index in [0.29, 0.717) is 10.8 Å². The fourth-order valence-electron chi connectivity index (χ4n) is 1.26. The number of phenolic OH excluding ortho intramolecular Hbond substituents is 1. The molecule has 0 aromatic heterocycles. The minimum atomic E-state index is -0.151. The minimum Gasteiger partial charge on any atom is -0.506 e. The van der Waals surface area contributed by atoms with Gasteiger partial charge in [0.1, 0.15) is 11.5 Å². The highest BCUT2D eigenvalue weighted by atomic mass is 35.5. The second kappa shape index (κ2) is 3.70. The van der Waals surface area contributed by atoms with E-state index in [0.717, 1.165) is 5.56 Å². The number of methoxy groups -OCH3 is 1. The molecular formula is C11H15ClO2. The van der Waals surface area contributed by atoms with Gasteiger partial charge in [0, 0.05) is 11.6 Å². The van der Waals surface area contributed by atoms with Crippen LogP contribution in [0.2, 0.25) is 5.02 Å². The van der Waals surface area contributed by atoms with Gasteiger partial charge in [-0.05, 0) is 11.5 Å². The lowest BCUT2D eigenvalue weighted by Crippen LogP contribution is -2.11. The Morgan fingerprint density at radius 3 is 2.29 bits per heavy atom. The van der Waals surface area contributed by atoms with Crippen molar-refractivity contribution in [1.29, 1.82) is 0 Å². The molecule has 1 N–H and O–H groups in total. The van der Waals surface area contributed by atoms with E-state index in [4.69, 9.17) is 16.3 Å². The first kappa shape index (κ1) is 11.2. The summed E-state index contributed by atoms with van der Waals surface area (Å²) in [5.41, 5.74) is 0.643. The van der Waals surface area contributed by atoms with Crippen LogP contribution in [0.5, 0.6) is 11.5 Å². The molecule has 2 nitrogen and oxygen atoms in total. The lowest BCUT2D eigenvalue weighted by atomic mass is 9.86. The SMILES string of the molecule is COc1cc(Cl)c(O)c(C(C)(C)C)c1. The molecule has 78 valence electrons. The highest BCUT2D eigenvalue weighted by Crippen LogP contribution is 2.38. The van der Waals surface area contributed by atoms with Crippen LogP contribution < -0.4 is 4.74 Å². The Kier molecular flexibility index (Phi) is 2.95. The molecule has 0 bridgehead atoms. The van der Waals surface area contributed by atoms with Crippen LogP contribution in [0.1, 0.15) is 26.3 Å². The quantitative estimate of drug-likeness (QED) is 0.777. The molecule has 0 aliphatic rings. The number of phenols is 1. The summed E-state index contributed by atoms with van der Waals surface area (Å²) in [4.78, 5) is 0. The highest BCUT2D eigenvalue weighted by molar-refractivity contribution is 6.32. The van der Waals surface area contributed by atoms with Crippen LogP contribution >= 0.6 is 11.6 Å². The van der Waals surface area contributed by atoms with E-state index in [1.165, 1.54) is 0 Å². The Morgan fingerprint density at radius 1 is 1.29 bits per heavy atom. The Morgan fingerprint density at radius 2 is 1.86 bits per heavy atom. The van der Waals surface area contributed by atoms with E-state index in [2.05, 4.69) is 0 Å². The van der Waals surface area contributed by atoms with Gasteiger partial charge in [0.05, 0.1) is 12.1 Å². The summed E-state index contributed by atoms with van der Waals surface area (Å²) in [6, 6.07) is 3.41. The molecule has 1 aromatic carbocycles. The summed E-state index contributed by atoms with van der Waals surface area (Å²) in [5.74, 6) is 0.803. The van der Waals surface area contributed by atoms with E-state index in [-0.39, 0.29) is 11.2 Å². The molecule has 0 heterocycles. The minimum absolute atomic E-state index is 0.139. The van der Waals surface area contributed by atoms with Gasteiger partial charge in [-0.25, -0.2) is 0 Å². The van der Waals surface area contributed by atoms with Crippen molar-refractivity contribution in [3.8, 4) is 11.5 Å². The molecule has 0 atom stereocenters. The van der Waals surface area contributed by atoms with E-state index in [1.807, 2.05) is 20.8 Å². The number of hydrogen-bond acceptors (Lipinski definition) is 2. The van der Waals surface area contributed by atoms with Gasteiger partial charge in [0.2, 0.25) is 0 Å². The molecule has 3 heteroatoms. The van der Waals surface area contributed by atoms with Gasteiger partial charge in [-0.3, -0.25) is 0 Å². The Balaban J connectivity index is 3.35. The molecule has 14 heavy (non-hydrogen) atoms. The van der Waals surface area contributed by atoms with Crippen molar-refractivity contribution >= 4 is 11.6 Å². The van der Waals surface area contributed by atoms with Crippen LogP contribution in [0, 0.1) is 0 Å². The first-order chi connectivity index (χ1) is 6.36. The maximum absolute atomic E-state index is 9.77. The maximum Gasteiger partial charge on any atom is 0.138 e. The Bertz CT molecular complexity index is 340. The van der Waals surface area contributed by atoms with Crippen LogP contribution in [0.25, 0.3) is 0 Å². The molecule has 0 fully saturated rings. The third kappa shape index (κ3) is 2.13. The van der Waals surface area contributed by atoms with Crippen LogP contribution in [0.15, 0.2) is 12.1 Å². The summed E-state index contributed by atoms with van der Waals surface area (Å²) >= 11 is 5.87. The summed E-state index contributed by atoms with van der Waals surface area (Å²) in [7, 11) is 1.58. The van der Waals surface area contributed by atoms with E-state index < -0.39 is 0 Å². The monoisotopic (exact) mass is 214 g/mol. The topological polar surface area (TPSA) is 29.5 Å². The van der Waals surface area contributed by atoms with Gasteiger partial charge in [0.25, 0.3) is 0 Å². The average molecular weight is 215 g/mol. The smallest absolute Gasteiger partial charge is 0.138 e. The van der Waals surface area contributed by atoms with Gasteiger partial charge in [-0.1, -0.05) is 32.4 Å². The molecule has 0 spiro atoms. The maximum atomic E-state index is 9.77. The number of rotatable bonds is 1. The summed E-state index contributed by atoms with van der Waals surface area (Å²) in [6.45, 7) is 6.04. The standard InChI is InChI=1S/C11H15ClO2/c1-11(2,3)8-5-7(14-4)6-9(12)10(8)13/h5-6,13H,1-4H3. The predicted molar refractivity (Wildman–Crippen MR) is 58.4 cm³/mol. The molecule has 0 saturated carbocycles. The van der Waals surface area contributed by atoms with E-state index in [9.17, 15) is 5.11 Å². The Hall–Kier alpha value is -0.890. The number of aromatic hydroxyl groups is 1. The zero-order chi connectivity index (χ0) is 10.9. The fourth-order valence-corrected chi connectivity index (χ4v) is 1.47. The summed E-state index contributed by atoms with van der Waals surface area (Å²) in [5, 5.41) is 10.1. The van der Waals surface area contributed by atoms with Crippen molar-refractivity contribution in [3.05, 3.63) is 22.7 Å². The average Bonchev–Trinajstić information content (AvgIpc) is 2.07. The largest absolute Gasteiger partial charge is 0.506 e. The Labute approximate surface area is 89.5 Å². The second-order valence-corrected chi connectivity index (χ2v) is 4.66. The van der Waals surface area contributed by atoms with Crippen molar-refractivity contribution in [1.82, 2.24) is 0 Å². The molecule has 1 rings (SSSR count). The molecule has 1 aromatic rings. The summed E-state index contributed by atoms with van der Waals surface area (Å²) in [6.07, 6.45) is 0. The predicted octanol–water partition coefficient (Wildman–Crippen LogP) is 3.35. The first-order valence-corrected chi connectivity index (χ1v) is 4.81. The van der Waals surface area contributed by atoms with Crippen molar-refractivity contribution in [2.24, 2.45) is 0 Å². The molecule has 0 unspecified atom stereocenters.